The second-order valence-corrected chi connectivity index (χ2v) is 11.4. The molecule has 3 aromatic carbocycles. The van der Waals surface area contributed by atoms with Gasteiger partial charge in [0.15, 0.2) is 0 Å². The van der Waals surface area contributed by atoms with Crippen LogP contribution in [-0.2, 0) is 19.6 Å². The van der Waals surface area contributed by atoms with Gasteiger partial charge in [-0.3, -0.25) is 14.0 Å². The smallest absolute Gasteiger partial charge is 0.258 e. The van der Waals surface area contributed by atoms with Gasteiger partial charge < -0.3 is 15.4 Å². The summed E-state index contributed by atoms with van der Waals surface area (Å²) in [5, 5.41) is 6.39. The average molecular weight is 533 g/mol. The molecule has 0 radical (unpaired) electrons. The van der Waals surface area contributed by atoms with Crippen molar-refractivity contribution in [2.24, 2.45) is 0 Å². The highest BCUT2D eigenvalue weighted by atomic mass is 32.2. The molecule has 8 nitrogen and oxygen atoms in total. The molecule has 0 aromatic heterocycles. The molecular formula is C29H32N4O4S. The lowest BCUT2D eigenvalue weighted by molar-refractivity contribution is -0.110. The van der Waals surface area contributed by atoms with Crippen LogP contribution in [0, 0.1) is 0 Å². The fraction of sp³-hybridized carbons (Fsp3) is 0.276. The zero-order valence-electron chi connectivity index (χ0n) is 21.4. The van der Waals surface area contributed by atoms with E-state index in [2.05, 4.69) is 15.5 Å². The first-order chi connectivity index (χ1) is 18.5. The maximum atomic E-state index is 13.0. The quantitative estimate of drug-likeness (QED) is 0.403. The van der Waals surface area contributed by atoms with E-state index in [4.69, 9.17) is 4.74 Å². The predicted molar refractivity (Wildman–Crippen MR) is 152 cm³/mol. The number of hydrogen-bond donors (Lipinski definition) is 2. The molecule has 2 heterocycles. The second kappa shape index (κ2) is 11.4. The Labute approximate surface area is 224 Å². The Kier molecular flexibility index (Phi) is 7.78. The zero-order valence-corrected chi connectivity index (χ0v) is 22.2. The average Bonchev–Trinajstić information content (AvgIpc) is 3.29. The van der Waals surface area contributed by atoms with Gasteiger partial charge in [0.25, 0.3) is 5.91 Å². The zero-order chi connectivity index (χ0) is 26.5. The molecular weight excluding hydrogens is 500 g/mol. The highest BCUT2D eigenvalue weighted by Crippen LogP contribution is 2.37. The number of rotatable bonds is 9. The number of morpholine rings is 1. The predicted octanol–water partition coefficient (Wildman–Crippen LogP) is 4.11. The normalized spacial score (nSPS) is 17.0. The minimum absolute atomic E-state index is 0.0227. The van der Waals surface area contributed by atoms with E-state index in [0.717, 1.165) is 35.6 Å². The van der Waals surface area contributed by atoms with Gasteiger partial charge in [0.05, 0.1) is 35.9 Å². The third kappa shape index (κ3) is 5.60. The molecule has 0 spiro atoms. The topological polar surface area (TPSA) is 91.0 Å². The number of nitrogens with one attached hydrogen (secondary N) is 2. The van der Waals surface area contributed by atoms with Gasteiger partial charge in [-0.25, -0.2) is 8.42 Å². The van der Waals surface area contributed by atoms with Crippen molar-refractivity contribution in [3.8, 4) is 0 Å². The van der Waals surface area contributed by atoms with E-state index in [9.17, 15) is 13.2 Å². The fourth-order valence-corrected chi connectivity index (χ4v) is 5.86. The van der Waals surface area contributed by atoms with Gasteiger partial charge in [-0.1, -0.05) is 48.5 Å². The van der Waals surface area contributed by atoms with Gasteiger partial charge in [-0.15, -0.1) is 0 Å². The molecule has 2 N–H and O–H groups in total. The van der Waals surface area contributed by atoms with Gasteiger partial charge in [0.2, 0.25) is 10.0 Å². The summed E-state index contributed by atoms with van der Waals surface area (Å²) in [7, 11) is -3.45. The number of amides is 1. The van der Waals surface area contributed by atoms with Gasteiger partial charge in [-0.05, 0) is 42.8 Å². The Bertz CT molecular complexity index is 1420. The first-order valence-electron chi connectivity index (χ1n) is 12.8. The van der Waals surface area contributed by atoms with Crippen molar-refractivity contribution in [2.75, 3.05) is 60.1 Å². The minimum Gasteiger partial charge on any atom is -0.379 e. The molecule has 198 valence electrons. The van der Waals surface area contributed by atoms with Crippen LogP contribution >= 0.6 is 0 Å². The lowest BCUT2D eigenvalue weighted by Gasteiger charge is -2.30. The maximum absolute atomic E-state index is 13.0. The number of fused-ring (bicyclic) bond motifs is 1. The number of nitrogens with zero attached hydrogens (tertiary/aromatic N) is 2. The number of ether oxygens (including phenoxy) is 1. The highest BCUT2D eigenvalue weighted by molar-refractivity contribution is 7.92. The Morgan fingerprint density at radius 2 is 1.66 bits per heavy atom. The molecule has 9 heteroatoms. The summed E-state index contributed by atoms with van der Waals surface area (Å²) >= 11 is 0. The molecule has 0 saturated carbocycles. The number of carbonyl (C=O) groups excluding carboxylic acids is 1. The van der Waals surface area contributed by atoms with Crippen LogP contribution in [0.15, 0.2) is 78.9 Å². The number of carbonyl (C=O) groups is 1. The lowest BCUT2D eigenvalue weighted by Crippen LogP contribution is -2.43. The van der Waals surface area contributed by atoms with Crippen LogP contribution in [0.25, 0.3) is 11.3 Å². The number of sulfonamides is 1. The lowest BCUT2D eigenvalue weighted by atomic mass is 10.00. The Balaban J connectivity index is 1.44. The molecule has 1 fully saturated rings. The molecule has 1 saturated heterocycles. The van der Waals surface area contributed by atoms with Gasteiger partial charge in [-0.2, -0.15) is 0 Å². The number of anilines is 3. The van der Waals surface area contributed by atoms with Crippen LogP contribution in [0.4, 0.5) is 17.1 Å². The third-order valence-electron chi connectivity index (χ3n) is 6.83. The Morgan fingerprint density at radius 1 is 0.974 bits per heavy atom. The molecule has 2 aliphatic rings. The summed E-state index contributed by atoms with van der Waals surface area (Å²) in [5.74, 6) is -0.146. The summed E-state index contributed by atoms with van der Waals surface area (Å²) in [6, 6.07) is 24.7. The van der Waals surface area contributed by atoms with Crippen molar-refractivity contribution in [2.45, 2.75) is 6.92 Å². The molecule has 0 bridgehead atoms. The van der Waals surface area contributed by atoms with E-state index < -0.39 is 10.0 Å². The Hall–Kier alpha value is -3.66. The SMILES string of the molecule is CCS(=O)(=O)N(CCN1CCOCC1)c1ccc(N/C(=C2\C(=O)Nc3ccccc32)c2ccccc2)cc1. The molecule has 2 aliphatic heterocycles. The summed E-state index contributed by atoms with van der Waals surface area (Å²) in [4.78, 5) is 15.3. The fourth-order valence-electron chi connectivity index (χ4n) is 4.75. The molecule has 0 aliphatic carbocycles. The molecule has 0 atom stereocenters. The van der Waals surface area contributed by atoms with E-state index >= 15 is 0 Å². The van der Waals surface area contributed by atoms with Crippen LogP contribution in [0.5, 0.6) is 0 Å². The van der Waals surface area contributed by atoms with Gasteiger partial charge >= 0.3 is 0 Å². The van der Waals surface area contributed by atoms with Gasteiger partial charge in [0, 0.05) is 43.1 Å². The second-order valence-electron chi connectivity index (χ2n) is 9.21. The summed E-state index contributed by atoms with van der Waals surface area (Å²) in [6.07, 6.45) is 0. The van der Waals surface area contributed by atoms with Crippen molar-refractivity contribution < 1.29 is 17.9 Å². The number of para-hydroxylation sites is 1. The monoisotopic (exact) mass is 532 g/mol. The van der Waals surface area contributed by atoms with E-state index in [1.807, 2.05) is 78.9 Å². The summed E-state index contributed by atoms with van der Waals surface area (Å²) in [5.41, 5.74) is 5.10. The van der Waals surface area contributed by atoms with Crippen LogP contribution in [0.2, 0.25) is 0 Å². The van der Waals surface area contributed by atoms with E-state index in [1.54, 1.807) is 6.92 Å². The van der Waals surface area contributed by atoms with Crippen molar-refractivity contribution in [3.05, 3.63) is 90.0 Å². The van der Waals surface area contributed by atoms with Crippen molar-refractivity contribution >= 4 is 44.3 Å². The minimum atomic E-state index is -3.45. The Morgan fingerprint density at radius 3 is 2.37 bits per heavy atom. The van der Waals surface area contributed by atoms with Crippen LogP contribution < -0.4 is 14.9 Å². The largest absolute Gasteiger partial charge is 0.379 e. The van der Waals surface area contributed by atoms with Crippen molar-refractivity contribution in [1.29, 1.82) is 0 Å². The van der Waals surface area contributed by atoms with E-state index in [0.29, 0.717) is 43.3 Å². The summed E-state index contributed by atoms with van der Waals surface area (Å²) < 4.78 is 32.8. The summed E-state index contributed by atoms with van der Waals surface area (Å²) in [6.45, 7) is 5.62. The molecule has 5 rings (SSSR count). The van der Waals surface area contributed by atoms with E-state index in [-0.39, 0.29) is 11.7 Å². The van der Waals surface area contributed by atoms with Crippen molar-refractivity contribution in [3.63, 3.8) is 0 Å². The molecule has 3 aromatic rings. The standard InChI is InChI=1S/C29H32N4O4S/c1-2-38(35,36)33(17-16-32-18-20-37-21-19-32)24-14-12-23(13-15-24)30-28(22-8-4-3-5-9-22)27-25-10-6-7-11-26(25)31-29(27)34/h3-15,30H,2,16-21H2,1H3,(H,31,34)/b28-27-. The number of hydrogen-bond acceptors (Lipinski definition) is 6. The number of benzene rings is 3. The van der Waals surface area contributed by atoms with E-state index in [1.165, 1.54) is 4.31 Å². The van der Waals surface area contributed by atoms with Crippen LogP contribution in [-0.4, -0.2) is 64.4 Å². The molecule has 1 amide bonds. The van der Waals surface area contributed by atoms with Crippen LogP contribution in [0.3, 0.4) is 0 Å². The van der Waals surface area contributed by atoms with Gasteiger partial charge in [0.1, 0.15) is 0 Å². The van der Waals surface area contributed by atoms with Crippen LogP contribution in [0.1, 0.15) is 18.1 Å². The maximum Gasteiger partial charge on any atom is 0.258 e. The highest BCUT2D eigenvalue weighted by Gasteiger charge is 2.28. The molecule has 38 heavy (non-hydrogen) atoms. The first-order valence-corrected chi connectivity index (χ1v) is 14.5. The molecule has 0 unspecified atom stereocenters. The first kappa shape index (κ1) is 26.0. The third-order valence-corrected chi connectivity index (χ3v) is 8.63. The van der Waals surface area contributed by atoms with Crippen molar-refractivity contribution in [1.82, 2.24) is 4.90 Å².